The van der Waals surface area contributed by atoms with Crippen LogP contribution in [0, 0.1) is 12.3 Å². The molecule has 10 heteroatoms. The molecular formula is C28H25N5O4S. The highest BCUT2D eigenvalue weighted by Gasteiger charge is 2.35. The summed E-state index contributed by atoms with van der Waals surface area (Å²) in [5, 5.41) is 5.82. The van der Waals surface area contributed by atoms with Gasteiger partial charge in [0.25, 0.3) is 5.56 Å². The van der Waals surface area contributed by atoms with E-state index in [-0.39, 0.29) is 35.4 Å². The fourth-order valence-corrected chi connectivity index (χ4v) is 6.88. The van der Waals surface area contributed by atoms with E-state index in [4.69, 9.17) is 11.2 Å². The van der Waals surface area contributed by atoms with Crippen molar-refractivity contribution in [3.63, 3.8) is 0 Å². The fraction of sp³-hybridized carbons (Fsp3) is 0.250. The largest absolute Gasteiger partial charge is 0.371 e. The van der Waals surface area contributed by atoms with E-state index in [2.05, 4.69) is 26.5 Å². The maximum Gasteiger partial charge on any atom is 0.269 e. The lowest BCUT2D eigenvalue weighted by molar-refractivity contribution is 0.0277. The summed E-state index contributed by atoms with van der Waals surface area (Å²) in [6.07, 6.45) is 7.29. The quantitative estimate of drug-likeness (QED) is 0.390. The number of rotatable bonds is 4. The summed E-state index contributed by atoms with van der Waals surface area (Å²) in [5.74, 6) is 2.46. The Bertz CT molecular complexity index is 1740. The zero-order chi connectivity index (χ0) is 26.3. The normalized spacial score (nSPS) is 20.4. The molecular weight excluding hydrogens is 502 g/mol. The molecule has 2 N–H and O–H groups in total. The van der Waals surface area contributed by atoms with Crippen LogP contribution in [-0.2, 0) is 26.7 Å². The number of nitrogens with one attached hydrogen (secondary N) is 2. The lowest BCUT2D eigenvalue weighted by Crippen LogP contribution is -2.36. The first-order chi connectivity index (χ1) is 18.4. The molecule has 6 rings (SSSR count). The molecule has 2 aliphatic heterocycles. The van der Waals surface area contributed by atoms with Gasteiger partial charge in [-0.1, -0.05) is 42.3 Å². The second kappa shape index (κ2) is 9.68. The van der Waals surface area contributed by atoms with Gasteiger partial charge in [-0.05, 0) is 34.9 Å². The number of aromatic nitrogens is 3. The minimum atomic E-state index is -3.72. The number of ether oxygens (including phenoxy) is 1. The maximum atomic E-state index is 13.4. The van der Waals surface area contributed by atoms with Crippen molar-refractivity contribution in [3.8, 4) is 12.3 Å². The highest BCUT2D eigenvalue weighted by molar-refractivity contribution is 7.90. The highest BCUT2D eigenvalue weighted by atomic mass is 32.2. The first-order valence-corrected chi connectivity index (χ1v) is 14.0. The third kappa shape index (κ3) is 4.45. The number of hydrogen-bond acceptors (Lipinski definition) is 8. The lowest BCUT2D eigenvalue weighted by Gasteiger charge is -2.27. The van der Waals surface area contributed by atoms with Gasteiger partial charge in [0.1, 0.15) is 11.0 Å². The van der Waals surface area contributed by atoms with Crippen LogP contribution in [-0.4, -0.2) is 42.6 Å². The minimum absolute atomic E-state index is 0.00271. The Balaban J connectivity index is 1.39. The first kappa shape index (κ1) is 24.3. The van der Waals surface area contributed by atoms with Gasteiger partial charge in [0.05, 0.1) is 24.0 Å². The molecule has 2 aromatic heterocycles. The van der Waals surface area contributed by atoms with E-state index in [1.807, 2.05) is 42.5 Å². The molecule has 2 atom stereocenters. The Labute approximate surface area is 219 Å². The van der Waals surface area contributed by atoms with E-state index < -0.39 is 20.8 Å². The maximum absolute atomic E-state index is 13.4. The monoisotopic (exact) mass is 527 g/mol. The van der Waals surface area contributed by atoms with Gasteiger partial charge in [-0.3, -0.25) is 9.36 Å². The summed E-state index contributed by atoms with van der Waals surface area (Å²) < 4.78 is 33.8. The lowest BCUT2D eigenvalue weighted by atomic mass is 10.0. The average Bonchev–Trinajstić information content (AvgIpc) is 2.93. The zero-order valence-corrected chi connectivity index (χ0v) is 21.2. The third-order valence-electron chi connectivity index (χ3n) is 6.97. The van der Waals surface area contributed by atoms with Crippen molar-refractivity contribution in [1.29, 1.82) is 0 Å². The second-order valence-electron chi connectivity index (χ2n) is 9.40. The number of terminal acetylenes is 1. The number of fused-ring (bicyclic) bond motifs is 2. The minimum Gasteiger partial charge on any atom is -0.371 e. The zero-order valence-electron chi connectivity index (χ0n) is 20.4. The Kier molecular flexibility index (Phi) is 6.19. The summed E-state index contributed by atoms with van der Waals surface area (Å²) in [6, 6.07) is 16.6. The summed E-state index contributed by atoms with van der Waals surface area (Å²) in [5.41, 5.74) is 3.12. The van der Waals surface area contributed by atoms with Gasteiger partial charge in [0.2, 0.25) is 5.95 Å². The number of hydrogen-bond donors (Lipinski definition) is 2. The van der Waals surface area contributed by atoms with Crippen molar-refractivity contribution in [2.45, 2.75) is 23.7 Å². The van der Waals surface area contributed by atoms with E-state index in [0.29, 0.717) is 12.0 Å². The van der Waals surface area contributed by atoms with Gasteiger partial charge in [-0.2, -0.15) is 4.98 Å². The predicted molar refractivity (Wildman–Crippen MR) is 145 cm³/mol. The van der Waals surface area contributed by atoms with Gasteiger partial charge in [-0.15, -0.1) is 6.42 Å². The Morgan fingerprint density at radius 2 is 1.92 bits per heavy atom. The van der Waals surface area contributed by atoms with Crippen molar-refractivity contribution in [2.24, 2.45) is 0 Å². The highest BCUT2D eigenvalue weighted by Crippen LogP contribution is 2.33. The van der Waals surface area contributed by atoms with Crippen LogP contribution in [0.25, 0.3) is 11.0 Å². The number of morpholine rings is 1. The topological polar surface area (TPSA) is 115 Å². The molecule has 2 aromatic carbocycles. The molecule has 2 unspecified atom stereocenters. The van der Waals surface area contributed by atoms with Crippen molar-refractivity contribution in [1.82, 2.24) is 19.9 Å². The van der Waals surface area contributed by atoms with Crippen molar-refractivity contribution < 1.29 is 13.2 Å². The van der Waals surface area contributed by atoms with Crippen LogP contribution >= 0.6 is 0 Å². The van der Waals surface area contributed by atoms with Crippen LogP contribution in [0.1, 0.15) is 33.7 Å². The average molecular weight is 528 g/mol. The SMILES string of the molecule is C#Cc1cc2cnc(Nc3ccc(C4CNCCO4)cc3)nc2n(C2Cc3ccccc3CS2(=O)=O)c1=O. The molecule has 38 heavy (non-hydrogen) atoms. The van der Waals surface area contributed by atoms with Gasteiger partial charge < -0.3 is 15.4 Å². The molecule has 0 bridgehead atoms. The number of anilines is 2. The second-order valence-corrected chi connectivity index (χ2v) is 11.6. The molecule has 4 aromatic rings. The molecule has 2 aliphatic rings. The van der Waals surface area contributed by atoms with Crippen LogP contribution < -0.4 is 16.2 Å². The molecule has 4 heterocycles. The molecule has 9 nitrogen and oxygen atoms in total. The van der Waals surface area contributed by atoms with Crippen LogP contribution in [0.3, 0.4) is 0 Å². The number of sulfone groups is 1. The predicted octanol–water partition coefficient (Wildman–Crippen LogP) is 2.85. The van der Waals surface area contributed by atoms with E-state index in [0.717, 1.165) is 35.5 Å². The number of nitrogens with zero attached hydrogens (tertiary/aromatic N) is 3. The van der Waals surface area contributed by atoms with E-state index >= 15 is 0 Å². The van der Waals surface area contributed by atoms with Gasteiger partial charge >= 0.3 is 0 Å². The molecule has 192 valence electrons. The van der Waals surface area contributed by atoms with Crippen molar-refractivity contribution in [3.05, 3.63) is 93.4 Å². The van der Waals surface area contributed by atoms with Gasteiger partial charge in [0.15, 0.2) is 9.84 Å². The van der Waals surface area contributed by atoms with Crippen LogP contribution in [0.2, 0.25) is 0 Å². The molecule has 0 radical (unpaired) electrons. The van der Waals surface area contributed by atoms with E-state index in [9.17, 15) is 13.2 Å². The summed E-state index contributed by atoms with van der Waals surface area (Å²) in [7, 11) is -3.72. The van der Waals surface area contributed by atoms with Crippen LogP contribution in [0.4, 0.5) is 11.6 Å². The van der Waals surface area contributed by atoms with Crippen molar-refractivity contribution >= 4 is 32.5 Å². The molecule has 1 saturated heterocycles. The Morgan fingerprint density at radius 1 is 1.13 bits per heavy atom. The molecule has 1 fully saturated rings. The van der Waals surface area contributed by atoms with Gasteiger partial charge in [0, 0.05) is 36.8 Å². The summed E-state index contributed by atoms with van der Waals surface area (Å²) in [4.78, 5) is 22.4. The Hall–Kier alpha value is -4.04. The van der Waals surface area contributed by atoms with E-state index in [1.165, 1.54) is 10.6 Å². The molecule has 0 amide bonds. The van der Waals surface area contributed by atoms with Gasteiger partial charge in [-0.25, -0.2) is 13.4 Å². The molecule has 0 saturated carbocycles. The van der Waals surface area contributed by atoms with E-state index in [1.54, 1.807) is 12.3 Å². The van der Waals surface area contributed by atoms with Crippen LogP contribution in [0.5, 0.6) is 0 Å². The first-order valence-electron chi connectivity index (χ1n) is 12.3. The fourth-order valence-electron chi connectivity index (χ4n) is 5.02. The smallest absolute Gasteiger partial charge is 0.269 e. The van der Waals surface area contributed by atoms with Crippen molar-refractivity contribution in [2.75, 3.05) is 25.0 Å². The Morgan fingerprint density at radius 3 is 2.66 bits per heavy atom. The number of pyridine rings is 1. The summed E-state index contributed by atoms with van der Waals surface area (Å²) >= 11 is 0. The van der Waals surface area contributed by atoms with Crippen LogP contribution in [0.15, 0.2) is 65.6 Å². The summed E-state index contributed by atoms with van der Waals surface area (Å²) in [6.45, 7) is 2.27. The standard InChI is InChI=1S/C28H25N5O4S/c1-2-18-13-22-15-30-28(31-23-9-7-19(8-10-23)24-16-29-11-12-37-24)32-26(22)33(27(18)34)25-14-20-5-3-4-6-21(20)17-38(25,35)36/h1,3-10,13,15,24-25,29H,11-12,14,16-17H2,(H,30,31,32). The third-order valence-corrected chi connectivity index (χ3v) is 8.89. The molecule has 0 aliphatic carbocycles. The number of benzene rings is 2. The molecule has 0 spiro atoms.